The first-order valence-electron chi connectivity index (χ1n) is 10.5. The van der Waals surface area contributed by atoms with Gasteiger partial charge in [-0.25, -0.2) is 14.8 Å². The fraction of sp³-hybridized carbons (Fsp3) is 0.455. The van der Waals surface area contributed by atoms with Gasteiger partial charge in [0.25, 0.3) is 0 Å². The molecular formula is C22H26N6O. The van der Waals surface area contributed by atoms with Gasteiger partial charge in [-0.15, -0.1) is 0 Å². The lowest BCUT2D eigenvalue weighted by Crippen LogP contribution is -2.47. The summed E-state index contributed by atoms with van der Waals surface area (Å²) in [6, 6.07) is 4.64. The number of fused-ring (bicyclic) bond motifs is 2. The summed E-state index contributed by atoms with van der Waals surface area (Å²) >= 11 is 0. The van der Waals surface area contributed by atoms with Crippen LogP contribution in [0.3, 0.4) is 0 Å². The van der Waals surface area contributed by atoms with Crippen molar-refractivity contribution in [2.24, 2.45) is 7.05 Å². The molecule has 3 aromatic heterocycles. The number of carbonyl (C=O) groups excluding carboxylic acids is 1. The fourth-order valence-electron chi connectivity index (χ4n) is 4.44. The van der Waals surface area contributed by atoms with Gasteiger partial charge >= 0.3 is 6.03 Å². The first-order chi connectivity index (χ1) is 14.2. The van der Waals surface area contributed by atoms with E-state index in [1.165, 1.54) is 19.3 Å². The number of nitrogens with zero attached hydrogens (tertiary/aromatic N) is 5. The molecule has 0 atom stereocenters. The highest BCUT2D eigenvalue weighted by molar-refractivity contribution is 5.82. The van der Waals surface area contributed by atoms with Crippen molar-refractivity contribution in [1.29, 1.82) is 0 Å². The quantitative estimate of drug-likeness (QED) is 0.727. The highest BCUT2D eigenvalue weighted by Gasteiger charge is 2.24. The zero-order valence-corrected chi connectivity index (χ0v) is 16.8. The van der Waals surface area contributed by atoms with Crippen LogP contribution in [0.1, 0.15) is 43.4 Å². The molecule has 0 radical (unpaired) electrons. The van der Waals surface area contributed by atoms with Crippen molar-refractivity contribution in [3.05, 3.63) is 42.0 Å². The topological polar surface area (TPSA) is 75.9 Å². The van der Waals surface area contributed by atoms with E-state index >= 15 is 0 Å². The van der Waals surface area contributed by atoms with Crippen LogP contribution in [0.2, 0.25) is 0 Å². The molecule has 5 rings (SSSR count). The van der Waals surface area contributed by atoms with Crippen molar-refractivity contribution >= 4 is 17.1 Å². The first-order valence-corrected chi connectivity index (χ1v) is 10.5. The highest BCUT2D eigenvalue weighted by Crippen LogP contribution is 2.26. The second-order valence-corrected chi connectivity index (χ2v) is 8.22. The minimum absolute atomic E-state index is 0.0601. The van der Waals surface area contributed by atoms with Gasteiger partial charge in [0, 0.05) is 67.2 Å². The summed E-state index contributed by atoms with van der Waals surface area (Å²) in [6.45, 7) is 1.31. The van der Waals surface area contributed by atoms with Gasteiger partial charge in [-0.2, -0.15) is 5.10 Å². The van der Waals surface area contributed by atoms with Crippen LogP contribution < -0.4 is 5.32 Å². The average molecular weight is 390 g/mol. The van der Waals surface area contributed by atoms with Crippen LogP contribution in [-0.2, 0) is 20.0 Å². The maximum Gasteiger partial charge on any atom is 0.317 e. The molecule has 0 aromatic carbocycles. The molecule has 150 valence electrons. The molecule has 3 aromatic rings. The number of urea groups is 1. The molecule has 29 heavy (non-hydrogen) atoms. The highest BCUT2D eigenvalue weighted by atomic mass is 16.2. The molecule has 1 aliphatic carbocycles. The molecule has 1 saturated carbocycles. The van der Waals surface area contributed by atoms with Crippen LogP contribution in [0.5, 0.6) is 0 Å². The maximum atomic E-state index is 12.8. The first kappa shape index (κ1) is 18.1. The standard InChI is InChI=1S/C22H26N6O/c1-27-13-18(12-24-27)16-9-15-10-17-14-28(8-7-20(17)26-21(15)23-11-16)22(29)25-19-5-3-2-4-6-19/h9-13,19H,2-8,14H2,1H3,(H,25,29). The van der Waals surface area contributed by atoms with Crippen molar-refractivity contribution < 1.29 is 4.79 Å². The lowest BCUT2D eigenvalue weighted by molar-refractivity contribution is 0.184. The molecule has 7 nitrogen and oxygen atoms in total. The van der Waals surface area contributed by atoms with E-state index in [9.17, 15) is 4.79 Å². The third-order valence-electron chi connectivity index (χ3n) is 6.07. The third-order valence-corrected chi connectivity index (χ3v) is 6.07. The Bertz CT molecular complexity index is 1050. The van der Waals surface area contributed by atoms with Crippen LogP contribution >= 0.6 is 0 Å². The molecule has 2 aliphatic rings. The van der Waals surface area contributed by atoms with Gasteiger partial charge in [0.05, 0.1) is 6.20 Å². The number of hydrogen-bond acceptors (Lipinski definition) is 4. The Kier molecular flexibility index (Phi) is 4.66. The minimum Gasteiger partial charge on any atom is -0.335 e. The van der Waals surface area contributed by atoms with E-state index in [2.05, 4.69) is 27.5 Å². The van der Waals surface area contributed by atoms with Crippen LogP contribution in [0.15, 0.2) is 30.7 Å². The molecule has 0 bridgehead atoms. The number of aryl methyl sites for hydroxylation is 1. The second-order valence-electron chi connectivity index (χ2n) is 8.22. The Morgan fingerprint density at radius 2 is 2.00 bits per heavy atom. The summed E-state index contributed by atoms with van der Waals surface area (Å²) in [6.07, 6.45) is 12.4. The molecule has 4 heterocycles. The van der Waals surface area contributed by atoms with Crippen LogP contribution in [0.4, 0.5) is 4.79 Å². The van der Waals surface area contributed by atoms with Crippen molar-refractivity contribution in [3.63, 3.8) is 0 Å². The summed E-state index contributed by atoms with van der Waals surface area (Å²) in [4.78, 5) is 24.0. The van der Waals surface area contributed by atoms with Crippen LogP contribution in [0.25, 0.3) is 22.2 Å². The lowest BCUT2D eigenvalue weighted by Gasteiger charge is -2.31. The van der Waals surface area contributed by atoms with Crippen molar-refractivity contribution in [2.45, 2.75) is 51.1 Å². The maximum absolute atomic E-state index is 12.8. The van der Waals surface area contributed by atoms with Gasteiger partial charge in [0.15, 0.2) is 5.65 Å². The molecule has 1 N–H and O–H groups in total. The predicted octanol–water partition coefficient (Wildman–Crippen LogP) is 3.43. The molecular weight excluding hydrogens is 364 g/mol. The van der Waals surface area contributed by atoms with Crippen LogP contribution in [-0.4, -0.2) is 43.3 Å². The monoisotopic (exact) mass is 390 g/mol. The van der Waals surface area contributed by atoms with E-state index in [1.807, 2.05) is 30.5 Å². The van der Waals surface area contributed by atoms with Gasteiger partial charge in [-0.05, 0) is 30.5 Å². The largest absolute Gasteiger partial charge is 0.335 e. The molecule has 0 saturated heterocycles. The smallest absolute Gasteiger partial charge is 0.317 e. The number of amides is 2. The Morgan fingerprint density at radius 1 is 1.14 bits per heavy atom. The van der Waals surface area contributed by atoms with Crippen LogP contribution in [0, 0.1) is 0 Å². The third kappa shape index (κ3) is 3.69. The number of pyridine rings is 2. The second kappa shape index (κ2) is 7.46. The molecule has 7 heteroatoms. The molecule has 0 unspecified atom stereocenters. The number of hydrogen-bond donors (Lipinski definition) is 1. The summed E-state index contributed by atoms with van der Waals surface area (Å²) in [7, 11) is 1.91. The molecule has 2 amide bonds. The number of carbonyl (C=O) groups is 1. The summed E-state index contributed by atoms with van der Waals surface area (Å²) in [5.74, 6) is 0. The predicted molar refractivity (Wildman–Crippen MR) is 111 cm³/mol. The molecule has 1 aliphatic heterocycles. The summed E-state index contributed by atoms with van der Waals surface area (Å²) in [5.41, 5.74) is 4.99. The lowest BCUT2D eigenvalue weighted by atomic mass is 9.95. The van der Waals surface area contributed by atoms with Gasteiger partial charge in [-0.3, -0.25) is 4.68 Å². The van der Waals surface area contributed by atoms with E-state index in [0.717, 1.165) is 52.7 Å². The number of aromatic nitrogens is 4. The SMILES string of the molecule is Cn1cc(-c2cnc3nc4c(cc3c2)CN(C(=O)NC2CCCCC2)CC4)cn1. The van der Waals surface area contributed by atoms with E-state index in [1.54, 1.807) is 4.68 Å². The number of nitrogens with one attached hydrogen (secondary N) is 1. The normalized spacial score (nSPS) is 17.3. The Morgan fingerprint density at radius 3 is 2.79 bits per heavy atom. The Hall–Kier alpha value is -2.96. The van der Waals surface area contributed by atoms with Gasteiger partial charge in [-0.1, -0.05) is 19.3 Å². The van der Waals surface area contributed by atoms with E-state index in [4.69, 9.17) is 4.98 Å². The molecule has 1 fully saturated rings. The summed E-state index contributed by atoms with van der Waals surface area (Å²) < 4.78 is 1.79. The molecule has 0 spiro atoms. The van der Waals surface area contributed by atoms with E-state index < -0.39 is 0 Å². The summed E-state index contributed by atoms with van der Waals surface area (Å²) in [5, 5.41) is 8.48. The van der Waals surface area contributed by atoms with E-state index in [-0.39, 0.29) is 6.03 Å². The average Bonchev–Trinajstić information content (AvgIpc) is 3.18. The zero-order valence-electron chi connectivity index (χ0n) is 16.8. The van der Waals surface area contributed by atoms with Gasteiger partial charge in [0.2, 0.25) is 0 Å². The van der Waals surface area contributed by atoms with Crippen molar-refractivity contribution in [3.8, 4) is 11.1 Å². The van der Waals surface area contributed by atoms with Crippen molar-refractivity contribution in [1.82, 2.24) is 30.0 Å². The van der Waals surface area contributed by atoms with Gasteiger partial charge < -0.3 is 10.2 Å². The van der Waals surface area contributed by atoms with E-state index in [0.29, 0.717) is 19.1 Å². The Balaban J connectivity index is 1.37. The zero-order chi connectivity index (χ0) is 19.8. The fourth-order valence-corrected chi connectivity index (χ4v) is 4.44. The minimum atomic E-state index is 0.0601. The number of rotatable bonds is 2. The van der Waals surface area contributed by atoms with Gasteiger partial charge in [0.1, 0.15) is 0 Å². The Labute approximate surface area is 170 Å². The van der Waals surface area contributed by atoms with Crippen molar-refractivity contribution in [2.75, 3.05) is 6.54 Å².